The highest BCUT2D eigenvalue weighted by atomic mass is 32.2. The number of anilines is 1. The predicted octanol–water partition coefficient (Wildman–Crippen LogP) is 3.96. The minimum Gasteiger partial charge on any atom is -0.355 e. The van der Waals surface area contributed by atoms with Crippen molar-refractivity contribution in [2.75, 3.05) is 24.4 Å². The van der Waals surface area contributed by atoms with Gasteiger partial charge < -0.3 is 10.2 Å². The van der Waals surface area contributed by atoms with E-state index in [0.717, 1.165) is 17.4 Å². The fraction of sp³-hybridized carbons (Fsp3) is 0.385. The first-order valence-electron chi connectivity index (χ1n) is 11.5. The predicted molar refractivity (Wildman–Crippen MR) is 137 cm³/mol. The summed E-state index contributed by atoms with van der Waals surface area (Å²) in [6.07, 6.45) is 0.363. The normalized spacial score (nSPS) is 11.6. The number of nitrogens with zero attached hydrogens (tertiary/aromatic N) is 2. The second kappa shape index (κ2) is 14.3. The van der Waals surface area contributed by atoms with Crippen molar-refractivity contribution in [3.05, 3.63) is 66.2 Å². The molecule has 188 valence electrons. The molecule has 0 unspecified atom stereocenters. The highest BCUT2D eigenvalue weighted by Gasteiger charge is 2.26. The molecule has 0 bridgehead atoms. The van der Waals surface area contributed by atoms with Gasteiger partial charge >= 0.3 is 0 Å². The van der Waals surface area contributed by atoms with Gasteiger partial charge in [0.05, 0.1) is 0 Å². The van der Waals surface area contributed by atoms with Crippen LogP contribution in [-0.2, 0) is 14.4 Å². The number of rotatable bonds is 12. The molecule has 35 heavy (non-hydrogen) atoms. The first kappa shape index (κ1) is 28.1. The number of hydrogen-bond acceptors (Lipinski definition) is 6. The van der Waals surface area contributed by atoms with Gasteiger partial charge in [0.2, 0.25) is 22.8 Å². The Bertz CT molecular complexity index is 985. The fourth-order valence-electron chi connectivity index (χ4n) is 3.42. The molecule has 2 rings (SSSR count). The molecule has 0 aliphatic carbocycles. The number of thioether (sulfide) groups is 1. The van der Waals surface area contributed by atoms with Crippen molar-refractivity contribution >= 4 is 40.3 Å². The molecule has 0 aliphatic heterocycles. The van der Waals surface area contributed by atoms with Crippen molar-refractivity contribution in [3.8, 4) is 0 Å². The second-order valence-electron chi connectivity index (χ2n) is 8.58. The van der Waals surface area contributed by atoms with Gasteiger partial charge in [-0.05, 0) is 24.5 Å². The van der Waals surface area contributed by atoms with Crippen LogP contribution in [0.2, 0.25) is 0 Å². The van der Waals surface area contributed by atoms with Crippen molar-refractivity contribution in [1.29, 1.82) is 0 Å². The van der Waals surface area contributed by atoms with Gasteiger partial charge in [0.1, 0.15) is 5.88 Å². The van der Waals surface area contributed by atoms with Crippen LogP contribution in [0.4, 0.5) is 5.69 Å². The van der Waals surface area contributed by atoms with Crippen LogP contribution in [0.5, 0.6) is 0 Å². The number of hydrogen-bond donors (Lipinski definition) is 2. The first-order chi connectivity index (χ1) is 16.7. The molecule has 8 nitrogen and oxygen atoms in total. The summed E-state index contributed by atoms with van der Waals surface area (Å²) in [7, 11) is 1.68. The van der Waals surface area contributed by atoms with Crippen LogP contribution in [0.15, 0.2) is 60.7 Å². The Morgan fingerprint density at radius 3 is 2.14 bits per heavy atom. The minimum absolute atomic E-state index is 0.115. The molecule has 3 amide bonds. The Morgan fingerprint density at radius 2 is 1.54 bits per heavy atom. The third-order valence-corrected chi connectivity index (χ3v) is 6.19. The van der Waals surface area contributed by atoms with E-state index in [4.69, 9.17) is 0 Å². The van der Waals surface area contributed by atoms with Crippen LogP contribution in [0, 0.1) is 11.8 Å². The van der Waals surface area contributed by atoms with Crippen LogP contribution in [-0.4, -0.2) is 52.6 Å². The number of nitrogens with one attached hydrogen (secondary N) is 1. The lowest BCUT2D eigenvalue weighted by Gasteiger charge is -2.21. The minimum atomic E-state index is -0.658. The Kier molecular flexibility index (Phi) is 11.5. The summed E-state index contributed by atoms with van der Waals surface area (Å²) in [5.74, 6) is -1.88. The quantitative estimate of drug-likeness (QED) is 0.260. The van der Waals surface area contributed by atoms with Gasteiger partial charge in [-0.1, -0.05) is 74.1 Å². The van der Waals surface area contributed by atoms with Crippen molar-refractivity contribution in [2.24, 2.45) is 11.8 Å². The van der Waals surface area contributed by atoms with E-state index in [0.29, 0.717) is 17.0 Å². The molecule has 0 aliphatic rings. The van der Waals surface area contributed by atoms with E-state index in [-0.39, 0.29) is 48.1 Å². The summed E-state index contributed by atoms with van der Waals surface area (Å²) in [6.45, 7) is 4.02. The van der Waals surface area contributed by atoms with Crippen molar-refractivity contribution in [1.82, 2.24) is 10.4 Å². The molecule has 2 N–H and O–H groups in total. The lowest BCUT2D eigenvalue weighted by Crippen LogP contribution is -2.38. The van der Waals surface area contributed by atoms with Gasteiger partial charge in [-0.3, -0.25) is 24.4 Å². The molecule has 2 aromatic carbocycles. The Balaban J connectivity index is 1.84. The Hall–Kier alpha value is -3.17. The number of amides is 3. The van der Waals surface area contributed by atoms with Gasteiger partial charge in [-0.25, -0.2) is 5.06 Å². The van der Waals surface area contributed by atoms with Crippen molar-refractivity contribution in [3.63, 3.8) is 0 Å². The summed E-state index contributed by atoms with van der Waals surface area (Å²) < 4.78 is 0. The average molecular weight is 500 g/mol. The SMILES string of the molecule is CC(C)C[C@H](CC(=O)N(O)CSC(=O)c1ccccc1)C(=O)NCCC(=O)N(C)c1ccccc1. The number of carbonyl (C=O) groups excluding carboxylic acids is 4. The van der Waals surface area contributed by atoms with Crippen LogP contribution in [0.1, 0.15) is 43.5 Å². The molecule has 0 saturated heterocycles. The number of benzene rings is 2. The standard InChI is InChI=1S/C26H33N3O5S/c1-19(2)16-21(17-24(31)29(34)18-35-26(33)20-10-6-4-7-11-20)25(32)27-15-14-23(30)28(3)22-12-8-5-9-13-22/h4-13,19,21,34H,14-18H2,1-3H3,(H,27,32)/t21-/m1/s1. The monoisotopic (exact) mass is 499 g/mol. The largest absolute Gasteiger partial charge is 0.355 e. The molecular weight excluding hydrogens is 466 g/mol. The lowest BCUT2D eigenvalue weighted by atomic mass is 9.93. The maximum atomic E-state index is 12.8. The molecule has 0 fully saturated rings. The Morgan fingerprint density at radius 1 is 0.943 bits per heavy atom. The number of para-hydroxylation sites is 1. The highest BCUT2D eigenvalue weighted by Crippen LogP contribution is 2.19. The molecular formula is C26H33N3O5S. The van der Waals surface area contributed by atoms with Crippen molar-refractivity contribution in [2.45, 2.75) is 33.1 Å². The van der Waals surface area contributed by atoms with Gasteiger partial charge in [-0.2, -0.15) is 0 Å². The van der Waals surface area contributed by atoms with Gasteiger partial charge in [0, 0.05) is 43.6 Å². The molecule has 0 heterocycles. The molecule has 0 spiro atoms. The van der Waals surface area contributed by atoms with E-state index in [1.165, 1.54) is 4.90 Å². The molecule has 1 atom stereocenters. The van der Waals surface area contributed by atoms with E-state index in [1.807, 2.05) is 44.2 Å². The number of hydroxylamine groups is 2. The zero-order valence-corrected chi connectivity index (χ0v) is 21.2. The lowest BCUT2D eigenvalue weighted by molar-refractivity contribution is -0.163. The first-order valence-corrected chi connectivity index (χ1v) is 12.5. The van der Waals surface area contributed by atoms with E-state index >= 15 is 0 Å². The maximum absolute atomic E-state index is 12.8. The van der Waals surface area contributed by atoms with Gasteiger partial charge in [0.15, 0.2) is 0 Å². The van der Waals surface area contributed by atoms with Crippen LogP contribution in [0.3, 0.4) is 0 Å². The third-order valence-electron chi connectivity index (χ3n) is 5.32. The summed E-state index contributed by atoms with van der Waals surface area (Å²) >= 11 is 0.807. The second-order valence-corrected chi connectivity index (χ2v) is 9.50. The summed E-state index contributed by atoms with van der Waals surface area (Å²) in [5.41, 5.74) is 1.24. The molecule has 0 saturated carbocycles. The molecule has 0 aromatic heterocycles. The van der Waals surface area contributed by atoms with Crippen LogP contribution >= 0.6 is 11.8 Å². The zero-order chi connectivity index (χ0) is 25.8. The summed E-state index contributed by atoms with van der Waals surface area (Å²) in [6, 6.07) is 17.8. The average Bonchev–Trinajstić information content (AvgIpc) is 2.86. The molecule has 2 aromatic rings. The smallest absolute Gasteiger partial charge is 0.247 e. The van der Waals surface area contributed by atoms with Gasteiger partial charge in [0.25, 0.3) is 0 Å². The molecule has 0 radical (unpaired) electrons. The highest BCUT2D eigenvalue weighted by molar-refractivity contribution is 8.14. The molecule has 9 heteroatoms. The topological polar surface area (TPSA) is 107 Å². The van der Waals surface area contributed by atoms with E-state index in [1.54, 1.807) is 37.4 Å². The van der Waals surface area contributed by atoms with Crippen molar-refractivity contribution < 1.29 is 24.4 Å². The fourth-order valence-corrected chi connectivity index (χ4v) is 4.10. The maximum Gasteiger partial charge on any atom is 0.247 e. The number of carbonyl (C=O) groups is 4. The van der Waals surface area contributed by atoms with E-state index < -0.39 is 11.8 Å². The van der Waals surface area contributed by atoms with Crippen LogP contribution in [0.25, 0.3) is 0 Å². The summed E-state index contributed by atoms with van der Waals surface area (Å²) in [5, 5.41) is 13.1. The Labute approximate surface area is 210 Å². The van der Waals surface area contributed by atoms with E-state index in [2.05, 4.69) is 5.32 Å². The summed E-state index contributed by atoms with van der Waals surface area (Å²) in [4.78, 5) is 51.4. The van der Waals surface area contributed by atoms with Crippen LogP contribution < -0.4 is 10.2 Å². The van der Waals surface area contributed by atoms with Gasteiger partial charge in [-0.15, -0.1) is 0 Å². The zero-order valence-electron chi connectivity index (χ0n) is 20.3. The third kappa shape index (κ3) is 9.54. The van der Waals surface area contributed by atoms with E-state index in [9.17, 15) is 24.4 Å².